The van der Waals surface area contributed by atoms with Crippen LogP contribution in [0, 0.1) is 11.8 Å². The van der Waals surface area contributed by atoms with Gasteiger partial charge in [-0.25, -0.2) is 9.97 Å². The summed E-state index contributed by atoms with van der Waals surface area (Å²) >= 11 is 7.80. The third-order valence-corrected chi connectivity index (χ3v) is 4.65. The number of halogens is 1. The number of methoxy groups -OCH3 is 1. The molecule has 0 aliphatic heterocycles. The summed E-state index contributed by atoms with van der Waals surface area (Å²) in [7, 11) is 1.62. The standard InChI is InChI=1S/C18H19ClN4O2S/c1-3-4-12-14(7-11(20)10-24-2)25-18-13(8-15(19)23-17(12)18)22-9-16-21-5-6-26-16/h5-6,8,11H,7,9-10,20H2,1-2H3,(H,22,23)/t11-/m1/s1. The van der Waals surface area contributed by atoms with Gasteiger partial charge in [-0.05, 0) is 6.92 Å². The first-order valence-electron chi connectivity index (χ1n) is 8.03. The van der Waals surface area contributed by atoms with Crippen LogP contribution in [0.25, 0.3) is 11.1 Å². The van der Waals surface area contributed by atoms with Crippen LogP contribution < -0.4 is 11.1 Å². The van der Waals surface area contributed by atoms with Crippen LogP contribution in [0.1, 0.15) is 23.3 Å². The van der Waals surface area contributed by atoms with Gasteiger partial charge in [0.2, 0.25) is 0 Å². The van der Waals surface area contributed by atoms with Gasteiger partial charge < -0.3 is 20.2 Å². The maximum absolute atomic E-state index is 6.22. The smallest absolute Gasteiger partial charge is 0.177 e. The van der Waals surface area contributed by atoms with Crippen molar-refractivity contribution in [3.05, 3.63) is 39.1 Å². The Bertz CT molecular complexity index is 944. The van der Waals surface area contributed by atoms with Crippen molar-refractivity contribution in [2.45, 2.75) is 25.9 Å². The summed E-state index contributed by atoms with van der Waals surface area (Å²) in [5.74, 6) is 6.66. The minimum atomic E-state index is -0.194. The largest absolute Gasteiger partial charge is 0.456 e. The molecule has 0 fully saturated rings. The average Bonchev–Trinajstić information content (AvgIpc) is 3.23. The number of pyridine rings is 1. The van der Waals surface area contributed by atoms with Gasteiger partial charge in [-0.3, -0.25) is 0 Å². The van der Waals surface area contributed by atoms with Crippen molar-refractivity contribution in [1.82, 2.24) is 9.97 Å². The molecule has 0 saturated carbocycles. The molecule has 3 aromatic heterocycles. The fourth-order valence-corrected chi connectivity index (χ4v) is 3.38. The van der Waals surface area contributed by atoms with Gasteiger partial charge in [-0.15, -0.1) is 17.3 Å². The topological polar surface area (TPSA) is 86.2 Å². The van der Waals surface area contributed by atoms with Crippen molar-refractivity contribution in [2.75, 3.05) is 19.0 Å². The minimum absolute atomic E-state index is 0.194. The Balaban J connectivity index is 2.01. The fraction of sp³-hybridized carbons (Fsp3) is 0.333. The summed E-state index contributed by atoms with van der Waals surface area (Å²) in [6.07, 6.45) is 2.27. The second-order valence-corrected chi connectivity index (χ2v) is 7.01. The average molecular weight is 391 g/mol. The van der Waals surface area contributed by atoms with Gasteiger partial charge in [0.1, 0.15) is 21.4 Å². The highest BCUT2D eigenvalue weighted by molar-refractivity contribution is 7.09. The molecule has 0 aliphatic rings. The number of aromatic nitrogens is 2. The van der Waals surface area contributed by atoms with Gasteiger partial charge in [-0.1, -0.05) is 17.5 Å². The van der Waals surface area contributed by atoms with Crippen LogP contribution in [0.2, 0.25) is 5.15 Å². The van der Waals surface area contributed by atoms with E-state index in [1.807, 2.05) is 5.38 Å². The maximum atomic E-state index is 6.22. The van der Waals surface area contributed by atoms with Crippen LogP contribution in [-0.4, -0.2) is 29.7 Å². The van der Waals surface area contributed by atoms with E-state index < -0.39 is 0 Å². The third kappa shape index (κ3) is 4.17. The van der Waals surface area contributed by atoms with Crippen LogP contribution >= 0.6 is 22.9 Å². The molecule has 6 nitrogen and oxygen atoms in total. The Morgan fingerprint density at radius 2 is 2.35 bits per heavy atom. The number of ether oxygens (including phenoxy) is 1. The molecule has 3 N–H and O–H groups in total. The van der Waals surface area contributed by atoms with Crippen LogP contribution in [0.3, 0.4) is 0 Å². The Hall–Kier alpha value is -2.11. The van der Waals surface area contributed by atoms with E-state index in [9.17, 15) is 0 Å². The van der Waals surface area contributed by atoms with E-state index in [4.69, 9.17) is 26.5 Å². The fourth-order valence-electron chi connectivity index (χ4n) is 2.63. The lowest BCUT2D eigenvalue weighted by Gasteiger charge is -2.08. The van der Waals surface area contributed by atoms with E-state index in [-0.39, 0.29) is 6.04 Å². The van der Waals surface area contributed by atoms with Gasteiger partial charge in [0.15, 0.2) is 5.58 Å². The number of hydrogen-bond donors (Lipinski definition) is 2. The molecule has 0 aromatic carbocycles. The molecule has 1 atom stereocenters. The maximum Gasteiger partial charge on any atom is 0.177 e. The van der Waals surface area contributed by atoms with E-state index in [1.165, 1.54) is 0 Å². The SMILES string of the molecule is CC#Cc1c(C[C@@H](N)COC)oc2c(NCc3nccs3)cc(Cl)nc12. The number of nitrogens with zero attached hydrogens (tertiary/aromatic N) is 2. The molecule has 8 heteroatoms. The summed E-state index contributed by atoms with van der Waals surface area (Å²) in [6.45, 7) is 2.77. The molecule has 0 saturated heterocycles. The van der Waals surface area contributed by atoms with Gasteiger partial charge in [0.05, 0.1) is 24.4 Å². The number of nitrogens with one attached hydrogen (secondary N) is 1. The molecule has 3 rings (SSSR count). The molecule has 0 aliphatic carbocycles. The number of thiazole rings is 1. The highest BCUT2D eigenvalue weighted by atomic mass is 35.5. The van der Waals surface area contributed by atoms with Crippen molar-refractivity contribution in [1.29, 1.82) is 0 Å². The Kier molecular flexibility index (Phi) is 6.12. The second-order valence-electron chi connectivity index (χ2n) is 5.64. The molecule has 136 valence electrons. The van der Waals surface area contributed by atoms with Gasteiger partial charge in [0.25, 0.3) is 0 Å². The predicted molar refractivity (Wildman–Crippen MR) is 105 cm³/mol. The summed E-state index contributed by atoms with van der Waals surface area (Å²) < 4.78 is 11.2. The predicted octanol–water partition coefficient (Wildman–Crippen LogP) is 3.44. The molecule has 26 heavy (non-hydrogen) atoms. The van der Waals surface area contributed by atoms with E-state index in [1.54, 1.807) is 37.6 Å². The number of anilines is 1. The molecular weight excluding hydrogens is 372 g/mol. The lowest BCUT2D eigenvalue weighted by Crippen LogP contribution is -2.28. The van der Waals surface area contributed by atoms with Crippen LogP contribution in [0.15, 0.2) is 22.1 Å². The highest BCUT2D eigenvalue weighted by Crippen LogP contribution is 2.33. The zero-order chi connectivity index (χ0) is 18.5. The minimum Gasteiger partial charge on any atom is -0.456 e. The van der Waals surface area contributed by atoms with Crippen molar-refractivity contribution < 1.29 is 9.15 Å². The molecule has 0 spiro atoms. The first-order valence-corrected chi connectivity index (χ1v) is 9.29. The summed E-state index contributed by atoms with van der Waals surface area (Å²) in [5, 5.41) is 6.59. The normalized spacial score (nSPS) is 12.0. The highest BCUT2D eigenvalue weighted by Gasteiger charge is 2.20. The van der Waals surface area contributed by atoms with Gasteiger partial charge in [-0.2, -0.15) is 0 Å². The van der Waals surface area contributed by atoms with E-state index in [0.717, 1.165) is 10.7 Å². The quantitative estimate of drug-likeness (QED) is 0.474. The Labute approximate surface area is 160 Å². The molecule has 0 unspecified atom stereocenters. The summed E-state index contributed by atoms with van der Waals surface area (Å²) in [4.78, 5) is 8.69. The second kappa shape index (κ2) is 8.52. The lowest BCUT2D eigenvalue weighted by atomic mass is 10.1. The molecule has 0 radical (unpaired) electrons. The molecule has 0 amide bonds. The van der Waals surface area contributed by atoms with Gasteiger partial charge in [0, 0.05) is 37.2 Å². The number of hydrogen-bond acceptors (Lipinski definition) is 7. The van der Waals surface area contributed by atoms with Crippen molar-refractivity contribution in [3.8, 4) is 11.8 Å². The Morgan fingerprint density at radius 3 is 3.04 bits per heavy atom. The molecule has 0 bridgehead atoms. The molecule has 3 heterocycles. The third-order valence-electron chi connectivity index (χ3n) is 3.67. The van der Waals surface area contributed by atoms with Crippen molar-refractivity contribution >= 4 is 39.7 Å². The zero-order valence-corrected chi connectivity index (χ0v) is 16.1. The van der Waals surface area contributed by atoms with Crippen molar-refractivity contribution in [2.24, 2.45) is 5.73 Å². The van der Waals surface area contributed by atoms with E-state index >= 15 is 0 Å². The van der Waals surface area contributed by atoms with E-state index in [2.05, 4.69) is 27.1 Å². The number of furan rings is 1. The van der Waals surface area contributed by atoms with Crippen LogP contribution in [0.5, 0.6) is 0 Å². The van der Waals surface area contributed by atoms with Crippen LogP contribution in [-0.2, 0) is 17.7 Å². The summed E-state index contributed by atoms with van der Waals surface area (Å²) in [5.41, 5.74) is 8.81. The molecule has 3 aromatic rings. The van der Waals surface area contributed by atoms with Crippen LogP contribution in [0.4, 0.5) is 5.69 Å². The molecular formula is C18H19ClN4O2S. The number of fused-ring (bicyclic) bond motifs is 1. The van der Waals surface area contributed by atoms with Crippen molar-refractivity contribution in [3.63, 3.8) is 0 Å². The zero-order valence-electron chi connectivity index (χ0n) is 14.5. The lowest BCUT2D eigenvalue weighted by molar-refractivity contribution is 0.178. The van der Waals surface area contributed by atoms with E-state index in [0.29, 0.717) is 47.1 Å². The number of nitrogens with two attached hydrogens (primary N) is 1. The first-order chi connectivity index (χ1) is 12.6. The monoisotopic (exact) mass is 390 g/mol. The summed E-state index contributed by atoms with van der Waals surface area (Å²) in [6, 6.07) is 1.54. The first kappa shape index (κ1) is 18.7. The number of rotatable bonds is 7. The van der Waals surface area contributed by atoms with Gasteiger partial charge >= 0.3 is 0 Å². The Morgan fingerprint density at radius 1 is 1.50 bits per heavy atom.